The minimum Gasteiger partial charge on any atom is -0.495 e. The van der Waals surface area contributed by atoms with E-state index in [1.807, 2.05) is 50.9 Å². The molecule has 0 radical (unpaired) electrons. The number of anilines is 1. The molecule has 37 heavy (non-hydrogen) atoms. The lowest BCUT2D eigenvalue weighted by atomic mass is 9.91. The summed E-state index contributed by atoms with van der Waals surface area (Å²) >= 11 is 0. The Morgan fingerprint density at radius 3 is 2.32 bits per heavy atom. The van der Waals surface area contributed by atoms with Gasteiger partial charge in [-0.1, -0.05) is 6.92 Å². The first kappa shape index (κ1) is 29.2. The molecule has 2 heterocycles. The van der Waals surface area contributed by atoms with Crippen LogP contribution in [0.3, 0.4) is 0 Å². The number of ether oxygens (including phenoxy) is 2. The summed E-state index contributed by atoms with van der Waals surface area (Å²) in [7, 11) is 3.60. The van der Waals surface area contributed by atoms with Gasteiger partial charge in [0.15, 0.2) is 0 Å². The molecule has 208 valence electrons. The average molecular weight is 517 g/mol. The second-order valence-corrected chi connectivity index (χ2v) is 11.5. The maximum Gasteiger partial charge on any atom is 0.306 e. The number of carbonyl (C=O) groups excluding carboxylic acids is 2. The van der Waals surface area contributed by atoms with Crippen molar-refractivity contribution in [1.29, 1.82) is 0 Å². The maximum absolute atomic E-state index is 13.4. The van der Waals surface area contributed by atoms with E-state index in [9.17, 15) is 9.59 Å². The second kappa shape index (κ2) is 13.5. The number of hydrogen-bond donors (Lipinski definition) is 1. The van der Waals surface area contributed by atoms with E-state index in [-0.39, 0.29) is 11.9 Å². The predicted molar refractivity (Wildman–Crippen MR) is 148 cm³/mol. The molecule has 0 bridgehead atoms. The van der Waals surface area contributed by atoms with E-state index < -0.39 is 5.60 Å². The van der Waals surface area contributed by atoms with Gasteiger partial charge in [0.2, 0.25) is 0 Å². The Labute approximate surface area is 223 Å². The highest BCUT2D eigenvalue weighted by Gasteiger charge is 2.31. The van der Waals surface area contributed by atoms with Crippen LogP contribution in [-0.4, -0.2) is 86.9 Å². The highest BCUT2D eigenvalue weighted by atomic mass is 16.6. The summed E-state index contributed by atoms with van der Waals surface area (Å²) in [6.07, 6.45) is 5.59. The van der Waals surface area contributed by atoms with Crippen LogP contribution < -0.4 is 15.0 Å². The van der Waals surface area contributed by atoms with Gasteiger partial charge in [-0.15, -0.1) is 0 Å². The van der Waals surface area contributed by atoms with Crippen molar-refractivity contribution in [3.8, 4) is 5.75 Å². The summed E-state index contributed by atoms with van der Waals surface area (Å²) in [5.41, 5.74) is 1.25. The first-order valence-electron chi connectivity index (χ1n) is 14.0. The summed E-state index contributed by atoms with van der Waals surface area (Å²) < 4.78 is 11.1. The number of amides is 1. The highest BCUT2D eigenvalue weighted by molar-refractivity contribution is 5.95. The summed E-state index contributed by atoms with van der Waals surface area (Å²) in [6.45, 7) is 13.1. The number of piperidine rings is 2. The number of likely N-dealkylation sites (tertiary alicyclic amines) is 2. The van der Waals surface area contributed by atoms with Crippen LogP contribution in [-0.2, 0) is 9.53 Å². The molecular formula is C29H48N4O4. The number of hydrogen-bond acceptors (Lipinski definition) is 7. The van der Waals surface area contributed by atoms with E-state index in [0.29, 0.717) is 25.0 Å². The summed E-state index contributed by atoms with van der Waals surface area (Å²) in [4.78, 5) is 32.4. The fraction of sp³-hybridized carbons (Fsp3) is 0.724. The van der Waals surface area contributed by atoms with Gasteiger partial charge in [0.05, 0.1) is 19.5 Å². The molecule has 0 spiro atoms. The molecule has 3 rings (SSSR count). The Morgan fingerprint density at radius 1 is 1.08 bits per heavy atom. The molecule has 8 nitrogen and oxygen atoms in total. The molecule has 2 aliphatic rings. The Hall–Kier alpha value is -2.32. The maximum atomic E-state index is 13.4. The van der Waals surface area contributed by atoms with Crippen LogP contribution in [0.5, 0.6) is 5.75 Å². The molecule has 0 unspecified atom stereocenters. The Bertz CT molecular complexity index is 878. The summed E-state index contributed by atoms with van der Waals surface area (Å²) in [6, 6.07) is 6.29. The molecule has 1 aromatic rings. The Balaban J connectivity index is 1.52. The van der Waals surface area contributed by atoms with Gasteiger partial charge in [0.1, 0.15) is 11.4 Å². The molecule has 0 atom stereocenters. The molecule has 8 heteroatoms. The van der Waals surface area contributed by atoms with E-state index >= 15 is 0 Å². The van der Waals surface area contributed by atoms with E-state index in [1.54, 1.807) is 7.11 Å². The van der Waals surface area contributed by atoms with Gasteiger partial charge < -0.3 is 29.5 Å². The van der Waals surface area contributed by atoms with Gasteiger partial charge in [-0.25, -0.2) is 0 Å². The van der Waals surface area contributed by atoms with E-state index in [0.717, 1.165) is 81.8 Å². The SMILES string of the molecule is CCCN(CNC)c1cc(C(=O)N2CCC(N3CCC(CC(=O)OC(C)(C)C)CC3)CC2)ccc1OC. The Morgan fingerprint density at radius 2 is 1.76 bits per heavy atom. The molecule has 0 saturated carbocycles. The number of methoxy groups -OCH3 is 1. The van der Waals surface area contributed by atoms with Crippen molar-refractivity contribution in [3.63, 3.8) is 0 Å². The van der Waals surface area contributed by atoms with Crippen LogP contribution in [0.25, 0.3) is 0 Å². The lowest BCUT2D eigenvalue weighted by molar-refractivity contribution is -0.156. The zero-order valence-corrected chi connectivity index (χ0v) is 23.8. The molecular weight excluding hydrogens is 468 g/mol. The van der Waals surface area contributed by atoms with Crippen LogP contribution in [0.1, 0.15) is 76.6 Å². The first-order valence-corrected chi connectivity index (χ1v) is 14.0. The van der Waals surface area contributed by atoms with Crippen molar-refractivity contribution in [2.24, 2.45) is 5.92 Å². The van der Waals surface area contributed by atoms with Gasteiger partial charge in [0.25, 0.3) is 5.91 Å². The monoisotopic (exact) mass is 516 g/mol. The van der Waals surface area contributed by atoms with Gasteiger partial charge in [0, 0.05) is 37.7 Å². The van der Waals surface area contributed by atoms with Crippen molar-refractivity contribution < 1.29 is 19.1 Å². The number of esters is 1. The van der Waals surface area contributed by atoms with Crippen LogP contribution in [0.15, 0.2) is 18.2 Å². The van der Waals surface area contributed by atoms with E-state index in [2.05, 4.69) is 22.0 Å². The standard InChI is InChI=1S/C29H48N4O4/c1-7-14-33(21-30-5)25-20-23(8-9-26(25)36-6)28(35)32-17-12-24(13-18-32)31-15-10-22(11-16-31)19-27(34)37-29(2,3)4/h8-9,20,22,24,30H,7,10-19,21H2,1-6H3. The largest absolute Gasteiger partial charge is 0.495 e. The van der Waals surface area contributed by atoms with Crippen molar-refractivity contribution in [2.75, 3.05) is 58.4 Å². The van der Waals surface area contributed by atoms with Crippen LogP contribution in [0.2, 0.25) is 0 Å². The first-order chi connectivity index (χ1) is 17.6. The van der Waals surface area contributed by atoms with Gasteiger partial charge in [-0.3, -0.25) is 9.59 Å². The number of nitrogens with one attached hydrogen (secondary N) is 1. The molecule has 0 aliphatic carbocycles. The smallest absolute Gasteiger partial charge is 0.306 e. The second-order valence-electron chi connectivity index (χ2n) is 11.5. The summed E-state index contributed by atoms with van der Waals surface area (Å²) in [5.74, 6) is 1.21. The van der Waals surface area contributed by atoms with Crippen LogP contribution in [0.4, 0.5) is 5.69 Å². The molecule has 2 fully saturated rings. The van der Waals surface area contributed by atoms with Crippen LogP contribution in [0, 0.1) is 5.92 Å². The van der Waals surface area contributed by atoms with Crippen molar-refractivity contribution >= 4 is 17.6 Å². The third kappa shape index (κ3) is 8.34. The molecule has 1 N–H and O–H groups in total. The zero-order chi connectivity index (χ0) is 27.0. The number of carbonyl (C=O) groups is 2. The lowest BCUT2D eigenvalue weighted by Gasteiger charge is -2.41. The fourth-order valence-electron chi connectivity index (χ4n) is 5.57. The lowest BCUT2D eigenvalue weighted by Crippen LogP contribution is -2.49. The average Bonchev–Trinajstić information content (AvgIpc) is 2.87. The normalized spacial score (nSPS) is 18.1. The quantitative estimate of drug-likeness (QED) is 0.370. The Kier molecular flexibility index (Phi) is 10.6. The van der Waals surface area contributed by atoms with E-state index in [1.165, 1.54) is 0 Å². The van der Waals surface area contributed by atoms with Gasteiger partial charge in [-0.2, -0.15) is 0 Å². The van der Waals surface area contributed by atoms with Crippen molar-refractivity contribution in [1.82, 2.24) is 15.1 Å². The number of rotatable bonds is 10. The fourth-order valence-corrected chi connectivity index (χ4v) is 5.57. The van der Waals surface area contributed by atoms with Crippen LogP contribution >= 0.6 is 0 Å². The van der Waals surface area contributed by atoms with Crippen molar-refractivity contribution in [3.05, 3.63) is 23.8 Å². The zero-order valence-electron chi connectivity index (χ0n) is 23.8. The van der Waals surface area contributed by atoms with E-state index in [4.69, 9.17) is 9.47 Å². The third-order valence-corrected chi connectivity index (χ3v) is 7.40. The predicted octanol–water partition coefficient (Wildman–Crippen LogP) is 4.14. The molecule has 2 aliphatic heterocycles. The molecule has 2 saturated heterocycles. The molecule has 0 aromatic heterocycles. The highest BCUT2D eigenvalue weighted by Crippen LogP contribution is 2.31. The number of nitrogens with zero attached hydrogens (tertiary/aromatic N) is 3. The number of benzene rings is 1. The third-order valence-electron chi connectivity index (χ3n) is 7.40. The summed E-state index contributed by atoms with van der Waals surface area (Å²) in [5, 5.41) is 3.22. The molecule has 1 amide bonds. The minimum absolute atomic E-state index is 0.0803. The van der Waals surface area contributed by atoms with Crippen molar-refractivity contribution in [2.45, 2.75) is 77.9 Å². The topological polar surface area (TPSA) is 74.4 Å². The van der Waals surface area contributed by atoms with Gasteiger partial charge in [-0.05, 0) is 97.1 Å². The van der Waals surface area contributed by atoms with Gasteiger partial charge >= 0.3 is 5.97 Å². The minimum atomic E-state index is -0.418. The molecule has 1 aromatic carbocycles.